The zero-order chi connectivity index (χ0) is 21.8. The molecule has 0 atom stereocenters. The van der Waals surface area contributed by atoms with Crippen molar-refractivity contribution >= 4 is 27.3 Å². The molecule has 31 heavy (non-hydrogen) atoms. The van der Waals surface area contributed by atoms with Gasteiger partial charge in [-0.25, -0.2) is 13.4 Å². The number of benzene rings is 2. The normalized spacial score (nSPS) is 12.7. The average Bonchev–Trinajstić information content (AvgIpc) is 3.24. The maximum Gasteiger partial charge on any atom is 0.262 e. The number of aromatic nitrogens is 1. The van der Waals surface area contributed by atoms with Crippen molar-refractivity contribution in [3.63, 3.8) is 0 Å². The van der Waals surface area contributed by atoms with Crippen molar-refractivity contribution in [2.24, 2.45) is 0 Å². The maximum atomic E-state index is 13.1. The minimum atomic E-state index is -3.95. The Morgan fingerprint density at radius 2 is 1.87 bits per heavy atom. The minimum absolute atomic E-state index is 0.0777. The largest absolute Gasteiger partial charge is 0.490 e. The quantitative estimate of drug-likeness (QED) is 0.506. The molecule has 4 rings (SSSR count). The number of hydrogen-bond donors (Lipinski definition) is 1. The van der Waals surface area contributed by atoms with E-state index in [1.807, 2.05) is 30.3 Å². The fourth-order valence-electron chi connectivity index (χ4n) is 3.21. The molecule has 1 aliphatic rings. The molecule has 9 heteroatoms. The lowest BCUT2D eigenvalue weighted by molar-refractivity contribution is 0.212. The van der Waals surface area contributed by atoms with Crippen LogP contribution in [0.5, 0.6) is 17.4 Å². The molecule has 0 saturated heterocycles. The number of anilines is 1. The molecule has 3 aromatic rings. The number of rotatable bonds is 8. The Morgan fingerprint density at radius 1 is 1.10 bits per heavy atom. The molecule has 0 saturated carbocycles. The second-order valence-corrected chi connectivity index (χ2v) is 8.93. The van der Waals surface area contributed by atoms with E-state index in [0.29, 0.717) is 35.1 Å². The molecule has 1 aromatic heterocycles. The van der Waals surface area contributed by atoms with Gasteiger partial charge in [0.05, 0.1) is 11.5 Å². The number of hydrogen-bond acceptors (Lipinski definition) is 6. The molecule has 0 amide bonds. The molecule has 1 N–H and O–H groups in total. The first-order chi connectivity index (χ1) is 15.0. The van der Waals surface area contributed by atoms with Crippen molar-refractivity contribution in [3.05, 3.63) is 70.9 Å². The van der Waals surface area contributed by atoms with Gasteiger partial charge >= 0.3 is 0 Å². The summed E-state index contributed by atoms with van der Waals surface area (Å²) in [6.07, 6.45) is 2.28. The van der Waals surface area contributed by atoms with Gasteiger partial charge in [-0.1, -0.05) is 35.9 Å². The van der Waals surface area contributed by atoms with E-state index >= 15 is 0 Å². The Morgan fingerprint density at radius 3 is 2.68 bits per heavy atom. The molecule has 0 unspecified atom stereocenters. The van der Waals surface area contributed by atoms with E-state index in [-0.39, 0.29) is 29.7 Å². The number of para-hydroxylation sites is 1. The summed E-state index contributed by atoms with van der Waals surface area (Å²) < 4.78 is 45.9. The first kappa shape index (κ1) is 21.3. The van der Waals surface area contributed by atoms with Crippen molar-refractivity contribution in [2.45, 2.75) is 18.2 Å². The summed E-state index contributed by atoms with van der Waals surface area (Å²) in [7, 11) is -3.95. The van der Waals surface area contributed by atoms with Gasteiger partial charge in [-0.3, -0.25) is 4.72 Å². The number of fused-ring (bicyclic) bond motifs is 1. The second-order valence-electron chi connectivity index (χ2n) is 6.87. The number of pyridine rings is 1. The van der Waals surface area contributed by atoms with Crippen molar-refractivity contribution in [2.75, 3.05) is 24.5 Å². The predicted octanol–water partition coefficient (Wildman–Crippen LogP) is 4.24. The lowest BCUT2D eigenvalue weighted by Crippen LogP contribution is -2.17. The lowest BCUT2D eigenvalue weighted by Gasteiger charge is -2.17. The molecule has 2 heterocycles. The first-order valence-electron chi connectivity index (χ1n) is 9.69. The predicted molar refractivity (Wildman–Crippen MR) is 118 cm³/mol. The molecule has 7 nitrogen and oxygen atoms in total. The van der Waals surface area contributed by atoms with Crippen LogP contribution in [-0.2, 0) is 16.4 Å². The topological polar surface area (TPSA) is 86.8 Å². The summed E-state index contributed by atoms with van der Waals surface area (Å²) in [5.41, 5.74) is 1.44. The van der Waals surface area contributed by atoms with Gasteiger partial charge in [0.15, 0.2) is 11.4 Å². The summed E-state index contributed by atoms with van der Waals surface area (Å²) in [6.45, 7) is 2.54. The third kappa shape index (κ3) is 4.70. The van der Waals surface area contributed by atoms with E-state index < -0.39 is 10.0 Å². The van der Waals surface area contributed by atoms with Gasteiger partial charge in [0.1, 0.15) is 19.0 Å². The summed E-state index contributed by atoms with van der Waals surface area (Å²) in [5.74, 6) is 1.27. The zero-order valence-electron chi connectivity index (χ0n) is 16.8. The number of ether oxygens (including phenoxy) is 3. The molecule has 0 aliphatic carbocycles. The summed E-state index contributed by atoms with van der Waals surface area (Å²) in [5, 5.41) is 0.366. The maximum absolute atomic E-state index is 13.1. The minimum Gasteiger partial charge on any atom is -0.490 e. The van der Waals surface area contributed by atoms with Gasteiger partial charge in [-0.15, -0.1) is 0 Å². The van der Waals surface area contributed by atoms with Crippen LogP contribution in [0.1, 0.15) is 11.1 Å². The molecule has 1 aliphatic heterocycles. The van der Waals surface area contributed by atoms with E-state index in [1.54, 1.807) is 25.3 Å². The Hall–Kier alpha value is -2.97. The van der Waals surface area contributed by atoms with E-state index in [2.05, 4.69) is 9.71 Å². The molecule has 162 valence electrons. The lowest BCUT2D eigenvalue weighted by atomic mass is 10.2. The van der Waals surface area contributed by atoms with Crippen LogP contribution in [-0.4, -0.2) is 33.2 Å². The van der Waals surface area contributed by atoms with Gasteiger partial charge < -0.3 is 14.2 Å². The van der Waals surface area contributed by atoms with Gasteiger partial charge in [-0.05, 0) is 36.8 Å². The van der Waals surface area contributed by atoms with Gasteiger partial charge in [-0.2, -0.15) is 0 Å². The van der Waals surface area contributed by atoms with Crippen LogP contribution < -0.4 is 18.9 Å². The van der Waals surface area contributed by atoms with Crippen molar-refractivity contribution < 1.29 is 22.6 Å². The highest BCUT2D eigenvalue weighted by atomic mass is 35.5. The van der Waals surface area contributed by atoms with Crippen molar-refractivity contribution in [3.8, 4) is 17.4 Å². The highest BCUT2D eigenvalue weighted by Crippen LogP contribution is 2.40. The van der Waals surface area contributed by atoms with Crippen molar-refractivity contribution in [1.29, 1.82) is 0 Å². The van der Waals surface area contributed by atoms with Gasteiger partial charge in [0, 0.05) is 23.2 Å². The highest BCUT2D eigenvalue weighted by molar-refractivity contribution is 7.92. The molecular weight excluding hydrogens is 440 g/mol. The molecule has 2 aromatic carbocycles. The van der Waals surface area contributed by atoms with Crippen molar-refractivity contribution in [1.82, 2.24) is 4.98 Å². The Kier molecular flexibility index (Phi) is 6.20. The van der Waals surface area contributed by atoms with Crippen LogP contribution in [0.15, 0.2) is 59.6 Å². The number of sulfonamides is 1. The molecule has 0 spiro atoms. The van der Waals surface area contributed by atoms with Crippen LogP contribution in [0.4, 0.5) is 5.69 Å². The monoisotopic (exact) mass is 460 g/mol. The van der Waals surface area contributed by atoms with Crippen LogP contribution >= 0.6 is 11.6 Å². The van der Waals surface area contributed by atoms with E-state index in [4.69, 9.17) is 25.8 Å². The molecular formula is C22H21ClN2O5S. The zero-order valence-corrected chi connectivity index (χ0v) is 18.4. The van der Waals surface area contributed by atoms with E-state index in [0.717, 1.165) is 5.56 Å². The number of nitrogens with one attached hydrogen (secondary N) is 1. The Bertz CT molecular complexity index is 1190. The number of nitrogens with zero attached hydrogens (tertiary/aromatic N) is 1. The van der Waals surface area contributed by atoms with Gasteiger partial charge in [0.2, 0.25) is 5.88 Å². The van der Waals surface area contributed by atoms with Crippen LogP contribution in [0, 0.1) is 6.92 Å². The SMILES string of the molecule is Cc1c(Cl)cccc1S(=O)(=O)Nc1c(OCCOc2ccccc2)ncc2c1OCC2. The summed E-state index contributed by atoms with van der Waals surface area (Å²) in [4.78, 5) is 4.38. The Labute approximate surface area is 186 Å². The second kappa shape index (κ2) is 9.03. The summed E-state index contributed by atoms with van der Waals surface area (Å²) >= 11 is 6.12. The highest BCUT2D eigenvalue weighted by Gasteiger charge is 2.27. The molecule has 0 radical (unpaired) electrons. The van der Waals surface area contributed by atoms with E-state index in [9.17, 15) is 8.42 Å². The molecule has 0 bridgehead atoms. The fourth-order valence-corrected chi connectivity index (χ4v) is 4.77. The van der Waals surface area contributed by atoms with Crippen LogP contribution in [0.2, 0.25) is 5.02 Å². The summed E-state index contributed by atoms with van der Waals surface area (Å²) in [6, 6.07) is 14.1. The third-order valence-corrected chi connectivity index (χ3v) is 6.67. The Balaban J connectivity index is 1.56. The standard InChI is InChI=1S/C22H21ClN2O5S/c1-15-18(23)8-5-9-19(15)31(26,27)25-20-21-16(10-11-29-21)14-24-22(20)30-13-12-28-17-6-3-2-4-7-17/h2-9,14,25H,10-13H2,1H3. The third-order valence-electron chi connectivity index (χ3n) is 4.77. The smallest absolute Gasteiger partial charge is 0.262 e. The first-order valence-corrected chi connectivity index (χ1v) is 11.5. The average molecular weight is 461 g/mol. The van der Waals surface area contributed by atoms with Crippen LogP contribution in [0.3, 0.4) is 0 Å². The number of halogens is 1. The molecule has 0 fully saturated rings. The van der Waals surface area contributed by atoms with E-state index in [1.165, 1.54) is 6.07 Å². The van der Waals surface area contributed by atoms with Crippen LogP contribution in [0.25, 0.3) is 0 Å². The fraction of sp³-hybridized carbons (Fsp3) is 0.227. The van der Waals surface area contributed by atoms with Gasteiger partial charge in [0.25, 0.3) is 10.0 Å².